The summed E-state index contributed by atoms with van der Waals surface area (Å²) >= 11 is 0. The third-order valence-corrected chi connectivity index (χ3v) is 5.08. The SMILES string of the molecule is O=C(O)c1ccc(C(=C2C=Nc3ccccc32)c2c[nH]c3ccccc23)cc1. The third kappa shape index (κ3) is 2.55. The Morgan fingerprint density at radius 3 is 2.39 bits per heavy atom. The van der Waals surface area contributed by atoms with Gasteiger partial charge in [0.2, 0.25) is 0 Å². The predicted molar refractivity (Wildman–Crippen MR) is 112 cm³/mol. The zero-order chi connectivity index (χ0) is 19.1. The molecule has 4 heteroatoms. The number of fused-ring (bicyclic) bond motifs is 2. The molecule has 134 valence electrons. The smallest absolute Gasteiger partial charge is 0.335 e. The van der Waals surface area contributed by atoms with Crippen LogP contribution < -0.4 is 0 Å². The molecule has 0 saturated heterocycles. The van der Waals surface area contributed by atoms with Crippen LogP contribution in [0.2, 0.25) is 0 Å². The van der Waals surface area contributed by atoms with Crippen LogP contribution in [0.3, 0.4) is 0 Å². The fourth-order valence-electron chi connectivity index (χ4n) is 3.73. The van der Waals surface area contributed by atoms with Crippen molar-refractivity contribution in [3.63, 3.8) is 0 Å². The van der Waals surface area contributed by atoms with E-state index in [0.717, 1.165) is 44.4 Å². The molecule has 0 amide bonds. The highest BCUT2D eigenvalue weighted by Gasteiger charge is 2.21. The number of aromatic carboxylic acids is 1. The van der Waals surface area contributed by atoms with E-state index in [1.165, 1.54) is 0 Å². The number of nitrogens with zero attached hydrogens (tertiary/aromatic N) is 1. The summed E-state index contributed by atoms with van der Waals surface area (Å²) in [6.07, 6.45) is 3.90. The van der Waals surface area contributed by atoms with Crippen LogP contribution in [0.15, 0.2) is 84.0 Å². The Hall–Kier alpha value is -3.92. The van der Waals surface area contributed by atoms with Crippen LogP contribution >= 0.6 is 0 Å². The van der Waals surface area contributed by atoms with Crippen molar-refractivity contribution >= 4 is 39.9 Å². The number of allylic oxidation sites excluding steroid dienone is 1. The lowest BCUT2D eigenvalue weighted by atomic mass is 9.90. The summed E-state index contributed by atoms with van der Waals surface area (Å²) in [4.78, 5) is 19.2. The minimum atomic E-state index is -0.930. The summed E-state index contributed by atoms with van der Waals surface area (Å²) in [5, 5.41) is 10.4. The lowest BCUT2D eigenvalue weighted by molar-refractivity contribution is 0.0697. The van der Waals surface area contributed by atoms with Gasteiger partial charge >= 0.3 is 5.97 Å². The van der Waals surface area contributed by atoms with E-state index in [-0.39, 0.29) is 5.56 Å². The van der Waals surface area contributed by atoms with Crippen molar-refractivity contribution in [3.8, 4) is 0 Å². The van der Waals surface area contributed by atoms with E-state index in [2.05, 4.69) is 22.1 Å². The number of nitrogens with one attached hydrogen (secondary N) is 1. The van der Waals surface area contributed by atoms with Gasteiger partial charge in [-0.1, -0.05) is 48.5 Å². The first-order valence-corrected chi connectivity index (χ1v) is 9.00. The summed E-state index contributed by atoms with van der Waals surface area (Å²) in [5.41, 5.74) is 7.42. The quantitative estimate of drug-likeness (QED) is 0.501. The van der Waals surface area contributed by atoms with Gasteiger partial charge in [-0.05, 0) is 29.8 Å². The highest BCUT2D eigenvalue weighted by molar-refractivity contribution is 6.27. The van der Waals surface area contributed by atoms with Gasteiger partial charge in [0, 0.05) is 45.6 Å². The number of carbonyl (C=O) groups is 1. The number of benzene rings is 3. The Morgan fingerprint density at radius 2 is 1.57 bits per heavy atom. The summed E-state index contributed by atoms with van der Waals surface area (Å²) in [6, 6.07) is 23.2. The molecule has 0 spiro atoms. The minimum absolute atomic E-state index is 0.271. The fraction of sp³-hybridized carbons (Fsp3) is 0. The largest absolute Gasteiger partial charge is 0.478 e. The highest BCUT2D eigenvalue weighted by Crippen LogP contribution is 2.40. The van der Waals surface area contributed by atoms with Gasteiger partial charge in [-0.15, -0.1) is 0 Å². The predicted octanol–water partition coefficient (Wildman–Crippen LogP) is 5.54. The van der Waals surface area contributed by atoms with Crippen molar-refractivity contribution in [2.24, 2.45) is 4.99 Å². The highest BCUT2D eigenvalue weighted by atomic mass is 16.4. The van der Waals surface area contributed by atoms with Gasteiger partial charge in [-0.3, -0.25) is 4.99 Å². The fourth-order valence-corrected chi connectivity index (χ4v) is 3.73. The van der Waals surface area contributed by atoms with Crippen molar-refractivity contribution in [3.05, 3.63) is 101 Å². The molecule has 1 aliphatic heterocycles. The molecule has 0 radical (unpaired) electrons. The number of aromatic amines is 1. The first kappa shape index (κ1) is 16.3. The Bertz CT molecular complexity index is 1280. The number of carboxylic acid groups (broad SMARTS) is 1. The normalized spacial score (nSPS) is 14.3. The van der Waals surface area contributed by atoms with E-state index in [4.69, 9.17) is 0 Å². The summed E-state index contributed by atoms with van der Waals surface area (Å²) in [7, 11) is 0. The van der Waals surface area contributed by atoms with Crippen LogP contribution in [0.5, 0.6) is 0 Å². The maximum Gasteiger partial charge on any atom is 0.335 e. The standard InChI is InChI=1S/C24H16N2O2/c27-24(28)16-11-9-15(10-12-16)23(19-13-25-21-7-3-1-5-17(19)21)20-14-26-22-8-4-2-6-18(20)22/h1-14,25H,(H,27,28). The number of para-hydroxylation sites is 2. The molecule has 4 nitrogen and oxygen atoms in total. The number of aromatic nitrogens is 1. The Morgan fingerprint density at radius 1 is 0.857 bits per heavy atom. The first-order chi connectivity index (χ1) is 13.7. The molecule has 3 aromatic carbocycles. The molecule has 2 N–H and O–H groups in total. The van der Waals surface area contributed by atoms with E-state index in [1.54, 1.807) is 12.1 Å². The minimum Gasteiger partial charge on any atom is -0.478 e. The van der Waals surface area contributed by atoms with Gasteiger partial charge in [0.25, 0.3) is 0 Å². The van der Waals surface area contributed by atoms with Gasteiger partial charge < -0.3 is 10.1 Å². The topological polar surface area (TPSA) is 65.4 Å². The average molecular weight is 364 g/mol. The molecular formula is C24H16N2O2. The van der Waals surface area contributed by atoms with E-state index < -0.39 is 5.97 Å². The summed E-state index contributed by atoms with van der Waals surface area (Å²) in [6.45, 7) is 0. The van der Waals surface area contributed by atoms with Gasteiger partial charge in [-0.25, -0.2) is 4.79 Å². The van der Waals surface area contributed by atoms with Crippen molar-refractivity contribution in [1.82, 2.24) is 4.98 Å². The Kier molecular flexibility index (Phi) is 3.69. The van der Waals surface area contributed by atoms with E-state index in [0.29, 0.717) is 0 Å². The maximum absolute atomic E-state index is 11.3. The molecule has 0 bridgehead atoms. The lowest BCUT2D eigenvalue weighted by Crippen LogP contribution is -1.98. The van der Waals surface area contributed by atoms with E-state index in [1.807, 2.05) is 60.9 Å². The van der Waals surface area contributed by atoms with Crippen molar-refractivity contribution in [2.45, 2.75) is 0 Å². The Labute approximate surface area is 161 Å². The molecule has 0 saturated carbocycles. The van der Waals surface area contributed by atoms with Crippen LogP contribution in [-0.4, -0.2) is 22.3 Å². The van der Waals surface area contributed by atoms with Gasteiger partial charge in [-0.2, -0.15) is 0 Å². The van der Waals surface area contributed by atoms with E-state index >= 15 is 0 Å². The molecule has 4 aromatic rings. The van der Waals surface area contributed by atoms with Gasteiger partial charge in [0.1, 0.15) is 0 Å². The summed E-state index contributed by atoms with van der Waals surface area (Å²) in [5.74, 6) is -0.930. The molecule has 1 aromatic heterocycles. The molecule has 1 aliphatic rings. The van der Waals surface area contributed by atoms with Crippen LogP contribution in [0, 0.1) is 0 Å². The second-order valence-electron chi connectivity index (χ2n) is 6.69. The molecule has 0 atom stereocenters. The average Bonchev–Trinajstić information content (AvgIpc) is 3.34. The second-order valence-corrected chi connectivity index (χ2v) is 6.69. The molecule has 0 fully saturated rings. The third-order valence-electron chi connectivity index (χ3n) is 5.08. The van der Waals surface area contributed by atoms with Gasteiger partial charge in [0.05, 0.1) is 11.3 Å². The van der Waals surface area contributed by atoms with Crippen LogP contribution in [0.4, 0.5) is 5.69 Å². The second kappa shape index (κ2) is 6.35. The number of aliphatic imine (C=N–C) groups is 1. The molecule has 2 heterocycles. The maximum atomic E-state index is 11.3. The van der Waals surface area contributed by atoms with Crippen molar-refractivity contribution in [2.75, 3.05) is 0 Å². The molecule has 0 aliphatic carbocycles. The van der Waals surface area contributed by atoms with Crippen LogP contribution in [0.1, 0.15) is 27.0 Å². The molecule has 0 unspecified atom stereocenters. The Balaban J connectivity index is 1.80. The van der Waals surface area contributed by atoms with Crippen molar-refractivity contribution in [1.29, 1.82) is 0 Å². The number of carboxylic acids is 1. The number of hydrogen-bond donors (Lipinski definition) is 2. The van der Waals surface area contributed by atoms with Crippen LogP contribution in [0.25, 0.3) is 22.0 Å². The molecule has 5 rings (SSSR count). The monoisotopic (exact) mass is 364 g/mol. The zero-order valence-corrected chi connectivity index (χ0v) is 14.9. The van der Waals surface area contributed by atoms with Crippen LogP contribution in [-0.2, 0) is 0 Å². The zero-order valence-electron chi connectivity index (χ0n) is 14.9. The number of hydrogen-bond acceptors (Lipinski definition) is 2. The summed E-state index contributed by atoms with van der Waals surface area (Å²) < 4.78 is 0. The molecular weight excluding hydrogens is 348 g/mol. The first-order valence-electron chi connectivity index (χ1n) is 9.00. The number of rotatable bonds is 3. The van der Waals surface area contributed by atoms with E-state index in [9.17, 15) is 9.90 Å². The van der Waals surface area contributed by atoms with Crippen molar-refractivity contribution < 1.29 is 9.90 Å². The molecule has 28 heavy (non-hydrogen) atoms. The lowest BCUT2D eigenvalue weighted by Gasteiger charge is -2.12. The number of H-pyrrole nitrogens is 1. The van der Waals surface area contributed by atoms with Gasteiger partial charge in [0.15, 0.2) is 0 Å².